The SMILES string of the molecule is O=c1ccc(Nc2nc(-c3ccc4cn[nH]c4c3)cn3ccnc23)c[nH]1. The van der Waals surface area contributed by atoms with Crippen molar-refractivity contribution in [1.29, 1.82) is 0 Å². The maximum Gasteiger partial charge on any atom is 0.248 e. The predicted molar refractivity (Wildman–Crippen MR) is 98.4 cm³/mol. The van der Waals surface area contributed by atoms with Crippen LogP contribution in [0.4, 0.5) is 11.5 Å². The van der Waals surface area contributed by atoms with Gasteiger partial charge in [-0.15, -0.1) is 0 Å². The molecule has 0 amide bonds. The van der Waals surface area contributed by atoms with Crippen molar-refractivity contribution in [2.45, 2.75) is 0 Å². The van der Waals surface area contributed by atoms with Crippen molar-refractivity contribution in [3.63, 3.8) is 0 Å². The van der Waals surface area contributed by atoms with E-state index in [1.807, 2.05) is 35.0 Å². The van der Waals surface area contributed by atoms with Crippen LogP contribution in [0.25, 0.3) is 27.8 Å². The van der Waals surface area contributed by atoms with Gasteiger partial charge in [0.05, 0.1) is 23.1 Å². The van der Waals surface area contributed by atoms with E-state index in [-0.39, 0.29) is 5.56 Å². The van der Waals surface area contributed by atoms with E-state index >= 15 is 0 Å². The zero-order valence-electron chi connectivity index (χ0n) is 13.5. The van der Waals surface area contributed by atoms with Gasteiger partial charge in [0.2, 0.25) is 5.56 Å². The minimum absolute atomic E-state index is 0.156. The van der Waals surface area contributed by atoms with Crippen LogP contribution in [-0.2, 0) is 0 Å². The van der Waals surface area contributed by atoms with Crippen LogP contribution in [0, 0.1) is 0 Å². The molecule has 4 aromatic heterocycles. The fourth-order valence-corrected chi connectivity index (χ4v) is 2.88. The molecular weight excluding hydrogens is 330 g/mol. The molecule has 0 atom stereocenters. The largest absolute Gasteiger partial charge is 0.336 e. The Morgan fingerprint density at radius 3 is 3.00 bits per heavy atom. The number of imidazole rings is 1. The van der Waals surface area contributed by atoms with Crippen molar-refractivity contribution in [3.05, 3.63) is 71.7 Å². The first-order valence-corrected chi connectivity index (χ1v) is 7.99. The van der Waals surface area contributed by atoms with Crippen molar-refractivity contribution in [1.82, 2.24) is 29.5 Å². The molecule has 3 N–H and O–H groups in total. The summed E-state index contributed by atoms with van der Waals surface area (Å²) in [4.78, 5) is 23.0. The number of rotatable bonds is 3. The molecule has 1 aromatic carbocycles. The van der Waals surface area contributed by atoms with Crippen LogP contribution in [-0.4, -0.2) is 29.5 Å². The first kappa shape index (κ1) is 14.4. The van der Waals surface area contributed by atoms with Crippen molar-refractivity contribution in [3.8, 4) is 11.3 Å². The highest BCUT2D eigenvalue weighted by Crippen LogP contribution is 2.26. The number of hydrogen-bond donors (Lipinski definition) is 3. The van der Waals surface area contributed by atoms with Crippen molar-refractivity contribution >= 4 is 28.1 Å². The molecule has 5 rings (SSSR count). The molecule has 4 heterocycles. The van der Waals surface area contributed by atoms with Crippen LogP contribution in [0.3, 0.4) is 0 Å². The number of aromatic amines is 2. The summed E-state index contributed by atoms with van der Waals surface area (Å²) in [6.07, 6.45) is 8.91. The second kappa shape index (κ2) is 5.55. The third kappa shape index (κ3) is 2.40. The fourth-order valence-electron chi connectivity index (χ4n) is 2.88. The molecule has 0 radical (unpaired) electrons. The number of aromatic nitrogens is 6. The molecule has 0 fully saturated rings. The molecule has 0 aliphatic heterocycles. The summed E-state index contributed by atoms with van der Waals surface area (Å²) in [7, 11) is 0. The first-order valence-electron chi connectivity index (χ1n) is 7.99. The summed E-state index contributed by atoms with van der Waals surface area (Å²) >= 11 is 0. The Balaban J connectivity index is 1.64. The molecule has 0 saturated carbocycles. The Hall–Kier alpha value is -3.94. The van der Waals surface area contributed by atoms with Gasteiger partial charge in [0.1, 0.15) is 0 Å². The van der Waals surface area contributed by atoms with Gasteiger partial charge in [-0.3, -0.25) is 9.89 Å². The van der Waals surface area contributed by atoms with Crippen LogP contribution in [0.1, 0.15) is 0 Å². The number of hydrogen-bond acceptors (Lipinski definition) is 5. The van der Waals surface area contributed by atoms with Crippen LogP contribution in [0.5, 0.6) is 0 Å². The van der Waals surface area contributed by atoms with Gasteiger partial charge in [-0.25, -0.2) is 9.97 Å². The molecule has 0 spiro atoms. The van der Waals surface area contributed by atoms with Gasteiger partial charge in [-0.1, -0.05) is 12.1 Å². The zero-order valence-corrected chi connectivity index (χ0v) is 13.5. The molecule has 8 heteroatoms. The van der Waals surface area contributed by atoms with E-state index in [1.54, 1.807) is 24.7 Å². The standard InChI is InChI=1S/C18H13N7O/c26-16-4-3-13(9-20-16)22-17-18-19-5-6-25(18)10-15(23-17)11-1-2-12-8-21-24-14(12)7-11/h1-10H,(H,20,26)(H,21,24)(H,22,23). The van der Waals surface area contributed by atoms with E-state index in [1.165, 1.54) is 6.07 Å². The van der Waals surface area contributed by atoms with Gasteiger partial charge in [0.25, 0.3) is 0 Å². The molecule has 0 bridgehead atoms. The molecule has 0 unspecified atom stereocenters. The summed E-state index contributed by atoms with van der Waals surface area (Å²) in [5.41, 5.74) is 3.97. The third-order valence-electron chi connectivity index (χ3n) is 4.16. The zero-order chi connectivity index (χ0) is 17.5. The predicted octanol–water partition coefficient (Wildman–Crippen LogP) is 2.70. The van der Waals surface area contributed by atoms with E-state index in [0.29, 0.717) is 11.5 Å². The van der Waals surface area contributed by atoms with E-state index in [4.69, 9.17) is 4.98 Å². The summed E-state index contributed by atoms with van der Waals surface area (Å²) in [6, 6.07) is 9.18. The van der Waals surface area contributed by atoms with E-state index in [0.717, 1.165) is 27.8 Å². The number of anilines is 2. The lowest BCUT2D eigenvalue weighted by Gasteiger charge is -2.10. The highest BCUT2D eigenvalue weighted by molar-refractivity contribution is 5.83. The van der Waals surface area contributed by atoms with Gasteiger partial charge in [-0.2, -0.15) is 5.10 Å². The summed E-state index contributed by atoms with van der Waals surface area (Å²) in [5, 5.41) is 11.3. The highest BCUT2D eigenvalue weighted by atomic mass is 16.1. The minimum atomic E-state index is -0.156. The van der Waals surface area contributed by atoms with Crippen molar-refractivity contribution < 1.29 is 0 Å². The molecule has 8 nitrogen and oxygen atoms in total. The number of H-pyrrole nitrogens is 2. The maximum absolute atomic E-state index is 11.2. The summed E-state index contributed by atoms with van der Waals surface area (Å²) < 4.78 is 1.91. The van der Waals surface area contributed by atoms with Crippen LogP contribution in [0.2, 0.25) is 0 Å². The summed E-state index contributed by atoms with van der Waals surface area (Å²) in [6.45, 7) is 0. The van der Waals surface area contributed by atoms with Crippen molar-refractivity contribution in [2.75, 3.05) is 5.32 Å². The number of nitrogens with one attached hydrogen (secondary N) is 3. The molecule has 126 valence electrons. The van der Waals surface area contributed by atoms with Gasteiger partial charge in [-0.05, 0) is 12.1 Å². The summed E-state index contributed by atoms with van der Waals surface area (Å²) in [5.74, 6) is 0.601. The number of fused-ring (bicyclic) bond motifs is 2. The van der Waals surface area contributed by atoms with Gasteiger partial charge < -0.3 is 14.7 Å². The smallest absolute Gasteiger partial charge is 0.248 e. The van der Waals surface area contributed by atoms with Crippen LogP contribution in [0.15, 0.2) is 66.1 Å². The minimum Gasteiger partial charge on any atom is -0.336 e. The maximum atomic E-state index is 11.2. The average molecular weight is 343 g/mol. The van der Waals surface area contributed by atoms with E-state index < -0.39 is 0 Å². The Morgan fingerprint density at radius 1 is 1.15 bits per heavy atom. The first-order chi connectivity index (χ1) is 12.8. The highest BCUT2D eigenvalue weighted by Gasteiger charge is 2.10. The fraction of sp³-hybridized carbons (Fsp3) is 0. The normalized spacial score (nSPS) is 11.2. The number of nitrogens with zero attached hydrogens (tertiary/aromatic N) is 4. The molecule has 0 aliphatic rings. The second-order valence-electron chi connectivity index (χ2n) is 5.87. The number of benzene rings is 1. The molecule has 0 saturated heterocycles. The Kier molecular flexibility index (Phi) is 3.08. The average Bonchev–Trinajstić information content (AvgIpc) is 3.31. The lowest BCUT2D eigenvalue weighted by molar-refractivity contribution is 1.12. The van der Waals surface area contributed by atoms with Crippen LogP contribution < -0.4 is 10.9 Å². The third-order valence-corrected chi connectivity index (χ3v) is 4.16. The number of pyridine rings is 1. The lowest BCUT2D eigenvalue weighted by Crippen LogP contribution is -2.05. The molecule has 0 aliphatic carbocycles. The molecule has 26 heavy (non-hydrogen) atoms. The second-order valence-corrected chi connectivity index (χ2v) is 5.87. The molecule has 5 aromatic rings. The monoisotopic (exact) mass is 343 g/mol. The van der Waals surface area contributed by atoms with Gasteiger partial charge >= 0.3 is 0 Å². The Labute approximate surface area is 146 Å². The van der Waals surface area contributed by atoms with Crippen molar-refractivity contribution in [2.24, 2.45) is 0 Å². The Bertz CT molecular complexity index is 1280. The van der Waals surface area contributed by atoms with Crippen LogP contribution >= 0.6 is 0 Å². The Morgan fingerprint density at radius 2 is 2.12 bits per heavy atom. The van der Waals surface area contributed by atoms with Gasteiger partial charge in [0, 0.05) is 41.8 Å². The van der Waals surface area contributed by atoms with E-state index in [2.05, 4.69) is 25.5 Å². The quantitative estimate of drug-likeness (QED) is 0.467. The van der Waals surface area contributed by atoms with Gasteiger partial charge in [0.15, 0.2) is 11.5 Å². The topological polar surface area (TPSA) is 104 Å². The molecular formula is C18H13N7O. The lowest BCUT2D eigenvalue weighted by atomic mass is 10.1. The van der Waals surface area contributed by atoms with E-state index in [9.17, 15) is 4.79 Å².